The quantitative estimate of drug-likeness (QED) is 0.271. The number of fused-ring (bicyclic) bond motifs is 5. The molecule has 1 unspecified atom stereocenters. The predicted octanol–water partition coefficient (Wildman–Crippen LogP) is 7.19. The number of ether oxygens (including phenoxy) is 2. The Morgan fingerprint density at radius 1 is 0.944 bits per heavy atom. The van der Waals surface area contributed by atoms with Gasteiger partial charge in [0.2, 0.25) is 11.6 Å². The van der Waals surface area contributed by atoms with E-state index in [1.54, 1.807) is 7.11 Å². The van der Waals surface area contributed by atoms with E-state index in [-0.39, 0.29) is 5.41 Å². The molecule has 7 rings (SSSR count). The van der Waals surface area contributed by atoms with Crippen LogP contribution in [0.1, 0.15) is 25.0 Å². The molecule has 0 radical (unpaired) electrons. The highest BCUT2D eigenvalue weighted by atomic mass is 16.5. The second-order valence-electron chi connectivity index (χ2n) is 10.1. The fourth-order valence-electron chi connectivity index (χ4n) is 5.91. The van der Waals surface area contributed by atoms with Crippen LogP contribution in [0.5, 0.6) is 11.5 Å². The molecule has 5 heteroatoms. The first kappa shape index (κ1) is 21.1. The Hall–Kier alpha value is -4.25. The number of hydrogen-bond acceptors (Lipinski definition) is 5. The standard InChI is InChI=1S/C31H26N2O3/c1-30(2)24-18-20(34-4)13-14-26(24)33(3)31(30)16-15-22-21-10-6-5-9-19(21)17-23(28(22)36-31)29-32-25-11-7-8-12-27(25)35-29/h5-18H,1-4H3. The van der Waals surface area contributed by atoms with Crippen molar-refractivity contribution in [1.82, 2.24) is 4.98 Å². The lowest BCUT2D eigenvalue weighted by molar-refractivity contribution is 0.0588. The van der Waals surface area contributed by atoms with Gasteiger partial charge in [0.1, 0.15) is 17.0 Å². The molecule has 1 aromatic heterocycles. The SMILES string of the molecule is COc1ccc2c(c1)C(C)(C)C1(C=Cc3c(c(-c4nc5ccccc5o4)cc4ccccc34)O1)N2C. The molecular formula is C31H26N2O3. The van der Waals surface area contributed by atoms with Crippen molar-refractivity contribution in [2.24, 2.45) is 0 Å². The number of anilines is 1. The molecular weight excluding hydrogens is 448 g/mol. The number of methoxy groups -OCH3 is 1. The van der Waals surface area contributed by atoms with Crippen LogP contribution >= 0.6 is 0 Å². The van der Waals surface area contributed by atoms with Gasteiger partial charge in [-0.25, -0.2) is 4.98 Å². The Kier molecular flexibility index (Phi) is 4.18. The van der Waals surface area contributed by atoms with Crippen LogP contribution in [0.3, 0.4) is 0 Å². The Morgan fingerprint density at radius 2 is 1.75 bits per heavy atom. The third-order valence-corrected chi connectivity index (χ3v) is 7.93. The minimum Gasteiger partial charge on any atom is -0.497 e. The van der Waals surface area contributed by atoms with Crippen LogP contribution in [-0.2, 0) is 5.41 Å². The summed E-state index contributed by atoms with van der Waals surface area (Å²) >= 11 is 0. The maximum absolute atomic E-state index is 7.15. The highest BCUT2D eigenvalue weighted by molar-refractivity contribution is 5.99. The first-order chi connectivity index (χ1) is 17.4. The van der Waals surface area contributed by atoms with Gasteiger partial charge >= 0.3 is 0 Å². The number of likely N-dealkylation sites (N-methyl/N-ethyl adjacent to an activating group) is 1. The van der Waals surface area contributed by atoms with E-state index < -0.39 is 5.72 Å². The van der Waals surface area contributed by atoms with Crippen molar-refractivity contribution >= 4 is 33.6 Å². The summed E-state index contributed by atoms with van der Waals surface area (Å²) in [5, 5.41) is 2.25. The summed E-state index contributed by atoms with van der Waals surface area (Å²) in [5.74, 6) is 2.18. The fraction of sp³-hybridized carbons (Fsp3) is 0.194. The molecule has 36 heavy (non-hydrogen) atoms. The molecule has 5 nitrogen and oxygen atoms in total. The van der Waals surface area contributed by atoms with Crippen molar-refractivity contribution in [1.29, 1.82) is 0 Å². The number of benzene rings is 4. The number of oxazole rings is 1. The van der Waals surface area contributed by atoms with Gasteiger partial charge in [-0.05, 0) is 78.7 Å². The fourth-order valence-corrected chi connectivity index (χ4v) is 5.91. The number of hydrogen-bond donors (Lipinski definition) is 0. The summed E-state index contributed by atoms with van der Waals surface area (Å²) < 4.78 is 19.0. The van der Waals surface area contributed by atoms with Gasteiger partial charge < -0.3 is 18.8 Å². The smallest absolute Gasteiger partial charge is 0.231 e. The maximum atomic E-state index is 7.15. The molecule has 4 aromatic carbocycles. The topological polar surface area (TPSA) is 47.7 Å². The number of rotatable bonds is 2. The predicted molar refractivity (Wildman–Crippen MR) is 144 cm³/mol. The number of para-hydroxylation sites is 2. The van der Waals surface area contributed by atoms with Crippen molar-refractivity contribution < 1.29 is 13.9 Å². The first-order valence-electron chi connectivity index (χ1n) is 12.2. The third kappa shape index (κ3) is 2.63. The second kappa shape index (κ2) is 7.14. The summed E-state index contributed by atoms with van der Waals surface area (Å²) in [4.78, 5) is 7.06. The van der Waals surface area contributed by atoms with E-state index in [4.69, 9.17) is 18.9 Å². The summed E-state index contributed by atoms with van der Waals surface area (Å²) in [6.07, 6.45) is 4.40. The molecule has 1 spiro atoms. The van der Waals surface area contributed by atoms with Crippen LogP contribution in [0.25, 0.3) is 39.4 Å². The zero-order valence-electron chi connectivity index (χ0n) is 20.7. The molecule has 0 saturated carbocycles. The molecule has 3 heterocycles. The Morgan fingerprint density at radius 3 is 2.58 bits per heavy atom. The van der Waals surface area contributed by atoms with Gasteiger partial charge in [-0.15, -0.1) is 0 Å². The lowest BCUT2D eigenvalue weighted by atomic mass is 9.76. The van der Waals surface area contributed by atoms with E-state index in [0.29, 0.717) is 5.89 Å². The molecule has 1 atom stereocenters. The van der Waals surface area contributed by atoms with Crippen LogP contribution in [0.4, 0.5) is 5.69 Å². The second-order valence-corrected chi connectivity index (χ2v) is 10.1. The maximum Gasteiger partial charge on any atom is 0.231 e. The van der Waals surface area contributed by atoms with Gasteiger partial charge in [0.15, 0.2) is 5.58 Å². The number of aromatic nitrogens is 1. The molecule has 0 fully saturated rings. The summed E-state index contributed by atoms with van der Waals surface area (Å²) in [7, 11) is 3.80. The van der Waals surface area contributed by atoms with Gasteiger partial charge in [-0.3, -0.25) is 0 Å². The van der Waals surface area contributed by atoms with Crippen LogP contribution in [0.2, 0.25) is 0 Å². The van der Waals surface area contributed by atoms with Crippen molar-refractivity contribution in [3.05, 3.63) is 90.0 Å². The molecule has 0 amide bonds. The van der Waals surface area contributed by atoms with E-state index in [2.05, 4.69) is 80.4 Å². The molecule has 5 aromatic rings. The third-order valence-electron chi connectivity index (χ3n) is 7.93. The summed E-state index contributed by atoms with van der Waals surface area (Å²) in [6, 6.07) is 24.6. The van der Waals surface area contributed by atoms with Gasteiger partial charge in [-0.2, -0.15) is 0 Å². The average Bonchev–Trinajstić information content (AvgIpc) is 3.40. The van der Waals surface area contributed by atoms with Crippen molar-refractivity contribution in [2.75, 3.05) is 19.1 Å². The van der Waals surface area contributed by atoms with Gasteiger partial charge in [-0.1, -0.05) is 36.4 Å². The van der Waals surface area contributed by atoms with Crippen molar-refractivity contribution in [3.8, 4) is 23.0 Å². The van der Waals surface area contributed by atoms with Crippen molar-refractivity contribution in [3.63, 3.8) is 0 Å². The van der Waals surface area contributed by atoms with E-state index in [1.807, 2.05) is 30.3 Å². The van der Waals surface area contributed by atoms with Crippen LogP contribution in [0, 0.1) is 0 Å². The largest absolute Gasteiger partial charge is 0.497 e. The van der Waals surface area contributed by atoms with Gasteiger partial charge in [0.05, 0.1) is 18.1 Å². The normalized spacial score (nSPS) is 19.5. The molecule has 2 aliphatic heterocycles. The van der Waals surface area contributed by atoms with Crippen LogP contribution in [-0.4, -0.2) is 24.9 Å². The monoisotopic (exact) mass is 474 g/mol. The molecule has 178 valence electrons. The van der Waals surface area contributed by atoms with E-state index in [9.17, 15) is 0 Å². The van der Waals surface area contributed by atoms with Crippen molar-refractivity contribution in [2.45, 2.75) is 25.0 Å². The average molecular weight is 475 g/mol. The molecule has 0 N–H and O–H groups in total. The Labute approximate surface area is 209 Å². The lowest BCUT2D eigenvalue weighted by Gasteiger charge is -2.46. The number of nitrogens with zero attached hydrogens (tertiary/aromatic N) is 2. The molecule has 2 aliphatic rings. The van der Waals surface area contributed by atoms with E-state index in [1.165, 1.54) is 5.56 Å². The van der Waals surface area contributed by atoms with Gasteiger partial charge in [0, 0.05) is 18.3 Å². The zero-order valence-corrected chi connectivity index (χ0v) is 20.7. The molecule has 0 saturated heterocycles. The Balaban J connectivity index is 1.47. The Bertz CT molecular complexity index is 1680. The van der Waals surface area contributed by atoms with Crippen LogP contribution < -0.4 is 14.4 Å². The highest BCUT2D eigenvalue weighted by Gasteiger charge is 2.58. The highest BCUT2D eigenvalue weighted by Crippen LogP contribution is 2.56. The van der Waals surface area contributed by atoms with E-state index >= 15 is 0 Å². The minimum absolute atomic E-state index is 0.371. The zero-order chi connectivity index (χ0) is 24.7. The molecule has 0 bridgehead atoms. The van der Waals surface area contributed by atoms with E-state index in [0.717, 1.165) is 50.2 Å². The minimum atomic E-state index is -0.738. The van der Waals surface area contributed by atoms with Gasteiger partial charge in [0.25, 0.3) is 0 Å². The van der Waals surface area contributed by atoms with Crippen LogP contribution in [0.15, 0.2) is 83.3 Å². The summed E-state index contributed by atoms with van der Waals surface area (Å²) in [6.45, 7) is 4.45. The molecule has 0 aliphatic carbocycles. The lowest BCUT2D eigenvalue weighted by Crippen LogP contribution is -2.58. The first-order valence-corrected chi connectivity index (χ1v) is 12.2. The summed E-state index contributed by atoms with van der Waals surface area (Å²) in [5.41, 5.74) is 4.67.